The summed E-state index contributed by atoms with van der Waals surface area (Å²) in [6.07, 6.45) is 0. The summed E-state index contributed by atoms with van der Waals surface area (Å²) in [6, 6.07) is 9.07. The van der Waals surface area contributed by atoms with Crippen molar-refractivity contribution in [1.29, 1.82) is 0 Å². The van der Waals surface area contributed by atoms with E-state index in [4.69, 9.17) is 26.1 Å². The number of nitrogens with zero attached hydrogens (tertiary/aromatic N) is 5. The number of carbonyl (C=O) groups is 1. The Hall–Kier alpha value is -2.58. The van der Waals surface area contributed by atoms with Gasteiger partial charge in [-0.1, -0.05) is 11.6 Å². The van der Waals surface area contributed by atoms with Crippen LogP contribution in [0.4, 0.5) is 11.8 Å². The quantitative estimate of drug-likeness (QED) is 0.680. The minimum Gasteiger partial charge on any atom is -0.478 e. The fraction of sp³-hybridized carbons (Fsp3) is 0.522. The Morgan fingerprint density at radius 2 is 1.66 bits per heavy atom. The Bertz CT molecular complexity index is 939. The van der Waals surface area contributed by atoms with Crippen LogP contribution in [0.15, 0.2) is 30.3 Å². The molecule has 0 atom stereocenters. The van der Waals surface area contributed by atoms with Crippen LogP contribution in [-0.2, 0) is 9.53 Å². The van der Waals surface area contributed by atoms with E-state index < -0.39 is 5.60 Å². The topological polar surface area (TPSA) is 71.0 Å². The maximum Gasteiger partial charge on any atom is 0.266 e. The number of benzene rings is 1. The molecule has 2 aliphatic heterocycles. The zero-order valence-electron chi connectivity index (χ0n) is 18.9. The third kappa shape index (κ3) is 5.24. The van der Waals surface area contributed by atoms with E-state index in [0.717, 1.165) is 30.5 Å². The predicted molar refractivity (Wildman–Crippen MR) is 125 cm³/mol. The number of aromatic nitrogens is 2. The van der Waals surface area contributed by atoms with Gasteiger partial charge in [-0.15, -0.1) is 0 Å². The molecule has 2 saturated heterocycles. The molecule has 2 aromatic rings. The lowest BCUT2D eigenvalue weighted by Crippen LogP contribution is -2.56. The van der Waals surface area contributed by atoms with Gasteiger partial charge in [0.2, 0.25) is 5.95 Å². The van der Waals surface area contributed by atoms with Gasteiger partial charge >= 0.3 is 0 Å². The van der Waals surface area contributed by atoms with Crippen molar-refractivity contribution in [2.24, 2.45) is 0 Å². The van der Waals surface area contributed by atoms with Gasteiger partial charge in [0.1, 0.15) is 11.6 Å². The van der Waals surface area contributed by atoms with Crippen LogP contribution < -0.4 is 14.5 Å². The van der Waals surface area contributed by atoms with Crippen LogP contribution in [0.5, 0.6) is 5.75 Å². The van der Waals surface area contributed by atoms with Crippen molar-refractivity contribution in [3.63, 3.8) is 0 Å². The normalized spacial score (nSPS) is 17.4. The van der Waals surface area contributed by atoms with Crippen LogP contribution in [0.2, 0.25) is 5.02 Å². The summed E-state index contributed by atoms with van der Waals surface area (Å²) in [6.45, 7) is 11.2. The highest BCUT2D eigenvalue weighted by Gasteiger charge is 2.36. The highest BCUT2D eigenvalue weighted by Crippen LogP contribution is 2.24. The first kappa shape index (κ1) is 22.6. The molecule has 0 saturated carbocycles. The van der Waals surface area contributed by atoms with Crippen molar-refractivity contribution >= 4 is 29.3 Å². The van der Waals surface area contributed by atoms with E-state index in [1.54, 1.807) is 38.1 Å². The number of hydrogen-bond acceptors (Lipinski definition) is 7. The van der Waals surface area contributed by atoms with Gasteiger partial charge in [-0.05, 0) is 45.0 Å². The molecule has 0 aliphatic carbocycles. The molecule has 0 bridgehead atoms. The molecule has 8 nitrogen and oxygen atoms in total. The third-order valence-corrected chi connectivity index (χ3v) is 5.97. The van der Waals surface area contributed by atoms with Crippen LogP contribution in [0.25, 0.3) is 0 Å². The van der Waals surface area contributed by atoms with E-state index in [0.29, 0.717) is 50.2 Å². The van der Waals surface area contributed by atoms with Gasteiger partial charge in [0.05, 0.1) is 13.2 Å². The highest BCUT2D eigenvalue weighted by atomic mass is 35.5. The Kier molecular flexibility index (Phi) is 6.71. The fourth-order valence-electron chi connectivity index (χ4n) is 3.96. The molecule has 2 fully saturated rings. The SMILES string of the molecule is Cc1cc(N2CCN(C(=O)C(C)(C)Oc3ccc(Cl)cc3)CC2)nc(N2CCOCC2)n1. The minimum atomic E-state index is -0.967. The average Bonchev–Trinajstić information content (AvgIpc) is 2.80. The monoisotopic (exact) mass is 459 g/mol. The van der Waals surface area contributed by atoms with Crippen molar-refractivity contribution in [3.8, 4) is 5.75 Å². The van der Waals surface area contributed by atoms with E-state index in [1.807, 2.05) is 17.9 Å². The van der Waals surface area contributed by atoms with E-state index in [9.17, 15) is 4.79 Å². The molecule has 0 N–H and O–H groups in total. The molecule has 0 spiro atoms. The van der Waals surface area contributed by atoms with Crippen molar-refractivity contribution in [2.75, 3.05) is 62.3 Å². The van der Waals surface area contributed by atoms with Gasteiger partial charge < -0.3 is 24.2 Å². The predicted octanol–water partition coefficient (Wildman–Crippen LogP) is 2.78. The fourth-order valence-corrected chi connectivity index (χ4v) is 4.09. The smallest absolute Gasteiger partial charge is 0.266 e. The second-order valence-corrected chi connectivity index (χ2v) is 9.05. The van der Waals surface area contributed by atoms with E-state index >= 15 is 0 Å². The molecule has 9 heteroatoms. The van der Waals surface area contributed by atoms with Gasteiger partial charge in [0.25, 0.3) is 5.91 Å². The molecule has 32 heavy (non-hydrogen) atoms. The lowest BCUT2D eigenvalue weighted by Gasteiger charge is -2.39. The molecule has 0 unspecified atom stereocenters. The Morgan fingerprint density at radius 3 is 2.31 bits per heavy atom. The summed E-state index contributed by atoms with van der Waals surface area (Å²) in [5.74, 6) is 2.25. The molecular weight excluding hydrogens is 430 g/mol. The van der Waals surface area contributed by atoms with E-state index in [-0.39, 0.29) is 5.91 Å². The summed E-state index contributed by atoms with van der Waals surface area (Å²) in [4.78, 5) is 28.8. The Balaban J connectivity index is 1.38. The zero-order chi connectivity index (χ0) is 22.7. The largest absolute Gasteiger partial charge is 0.478 e. The van der Waals surface area contributed by atoms with Gasteiger partial charge in [0.15, 0.2) is 5.60 Å². The number of aryl methyl sites for hydroxylation is 1. The summed E-state index contributed by atoms with van der Waals surface area (Å²) in [5, 5.41) is 0.634. The molecule has 1 aromatic carbocycles. The van der Waals surface area contributed by atoms with Gasteiger partial charge in [-0.2, -0.15) is 4.98 Å². The number of anilines is 2. The third-order valence-electron chi connectivity index (χ3n) is 5.72. The van der Waals surface area contributed by atoms with Crippen LogP contribution in [0, 0.1) is 6.92 Å². The number of amides is 1. The van der Waals surface area contributed by atoms with Crippen LogP contribution >= 0.6 is 11.6 Å². The van der Waals surface area contributed by atoms with E-state index in [2.05, 4.69) is 14.8 Å². The summed E-state index contributed by atoms with van der Waals surface area (Å²) in [7, 11) is 0. The highest BCUT2D eigenvalue weighted by molar-refractivity contribution is 6.30. The molecule has 4 rings (SSSR count). The summed E-state index contributed by atoms with van der Waals surface area (Å²) < 4.78 is 11.4. The van der Waals surface area contributed by atoms with Crippen LogP contribution in [0.3, 0.4) is 0 Å². The maximum absolute atomic E-state index is 13.2. The second-order valence-electron chi connectivity index (χ2n) is 8.61. The summed E-state index contributed by atoms with van der Waals surface area (Å²) >= 11 is 5.94. The van der Waals surface area contributed by atoms with Crippen molar-refractivity contribution in [2.45, 2.75) is 26.4 Å². The molecule has 172 valence electrons. The van der Waals surface area contributed by atoms with Gasteiger partial charge in [-0.25, -0.2) is 4.98 Å². The number of rotatable bonds is 5. The van der Waals surface area contributed by atoms with Crippen molar-refractivity contribution < 1.29 is 14.3 Å². The Labute approximate surface area is 194 Å². The lowest BCUT2D eigenvalue weighted by atomic mass is 10.1. The number of ether oxygens (including phenoxy) is 2. The van der Waals surface area contributed by atoms with E-state index in [1.165, 1.54) is 0 Å². The number of morpholine rings is 1. The molecular formula is C23H30ClN5O3. The summed E-state index contributed by atoms with van der Waals surface area (Å²) in [5.41, 5.74) is -0.0298. The first-order chi connectivity index (χ1) is 15.3. The number of piperazine rings is 1. The van der Waals surface area contributed by atoms with Gasteiger partial charge in [0, 0.05) is 56.1 Å². The molecule has 1 amide bonds. The zero-order valence-corrected chi connectivity index (χ0v) is 19.6. The Morgan fingerprint density at radius 1 is 1.00 bits per heavy atom. The molecule has 3 heterocycles. The second kappa shape index (κ2) is 9.50. The number of carbonyl (C=O) groups excluding carboxylic acids is 1. The van der Waals surface area contributed by atoms with Gasteiger partial charge in [-0.3, -0.25) is 4.79 Å². The molecule has 0 radical (unpaired) electrons. The molecule has 2 aliphatic rings. The number of hydrogen-bond donors (Lipinski definition) is 0. The average molecular weight is 460 g/mol. The first-order valence-electron chi connectivity index (χ1n) is 11.0. The lowest BCUT2D eigenvalue weighted by molar-refractivity contribution is -0.145. The van der Waals surface area contributed by atoms with Crippen molar-refractivity contribution in [1.82, 2.24) is 14.9 Å². The minimum absolute atomic E-state index is 0.0278. The van der Waals surface area contributed by atoms with Crippen molar-refractivity contribution in [3.05, 3.63) is 41.0 Å². The standard InChI is InChI=1S/C23H30ClN5O3/c1-17-16-20(26-22(25-17)29-12-14-31-15-13-29)27-8-10-28(11-9-27)21(30)23(2,3)32-19-6-4-18(24)5-7-19/h4-7,16H,8-15H2,1-3H3. The van der Waals surface area contributed by atoms with Crippen LogP contribution in [-0.4, -0.2) is 78.9 Å². The number of halogens is 1. The maximum atomic E-state index is 13.2. The first-order valence-corrected chi connectivity index (χ1v) is 11.4. The molecule has 1 aromatic heterocycles. The van der Waals surface area contributed by atoms with Crippen LogP contribution in [0.1, 0.15) is 19.5 Å².